The lowest BCUT2D eigenvalue weighted by molar-refractivity contribution is 0.148. The molecule has 4 rings (SSSR count). The largest absolute Gasteiger partial charge is 0.309 e. The second-order valence-electron chi connectivity index (χ2n) is 7.10. The summed E-state index contributed by atoms with van der Waals surface area (Å²) in [4.78, 5) is 22.3. The number of hydrogen-bond acceptors (Lipinski definition) is 4. The molecule has 0 aromatic carbocycles. The number of aryl methyl sites for hydroxylation is 1. The van der Waals surface area contributed by atoms with Gasteiger partial charge in [-0.15, -0.1) is 0 Å². The van der Waals surface area contributed by atoms with Crippen molar-refractivity contribution in [1.82, 2.24) is 24.6 Å². The van der Waals surface area contributed by atoms with E-state index in [1.807, 2.05) is 7.05 Å². The average molecular weight is 315 g/mol. The zero-order valence-electron chi connectivity index (χ0n) is 13.8. The van der Waals surface area contributed by atoms with Gasteiger partial charge < -0.3 is 4.98 Å². The standard InChI is InChI=1S/C17H25N5O/c1-21-16-13(10-18-21)17(23)20-15(19-16)11-22-9-5-8-14(22)12-6-3-2-4-7-12/h10,12,14H,2-9,11H2,1H3,(H,19,20,23)/t14-/m1/s1. The summed E-state index contributed by atoms with van der Waals surface area (Å²) in [5, 5.41) is 4.71. The minimum absolute atomic E-state index is 0.0773. The second kappa shape index (κ2) is 6.07. The zero-order valence-corrected chi connectivity index (χ0v) is 13.8. The third kappa shape index (κ3) is 2.80. The minimum Gasteiger partial charge on any atom is -0.309 e. The van der Waals surface area contributed by atoms with Crippen LogP contribution in [0.25, 0.3) is 11.0 Å². The number of H-pyrrole nitrogens is 1. The maximum Gasteiger partial charge on any atom is 0.262 e. The average Bonchev–Trinajstić information content (AvgIpc) is 3.16. The summed E-state index contributed by atoms with van der Waals surface area (Å²) in [6.45, 7) is 1.87. The quantitative estimate of drug-likeness (QED) is 0.943. The molecule has 0 unspecified atom stereocenters. The topological polar surface area (TPSA) is 66.8 Å². The molecule has 2 aliphatic rings. The highest BCUT2D eigenvalue weighted by atomic mass is 16.1. The summed E-state index contributed by atoms with van der Waals surface area (Å²) < 4.78 is 1.68. The maximum atomic E-state index is 12.2. The van der Waals surface area contributed by atoms with Crippen LogP contribution >= 0.6 is 0 Å². The molecule has 1 aliphatic heterocycles. The highest BCUT2D eigenvalue weighted by Gasteiger charge is 2.32. The van der Waals surface area contributed by atoms with Gasteiger partial charge in [-0.25, -0.2) is 4.98 Å². The first-order valence-corrected chi connectivity index (χ1v) is 8.87. The lowest BCUT2D eigenvalue weighted by Gasteiger charge is -2.33. The Balaban J connectivity index is 1.56. The number of nitrogens with one attached hydrogen (secondary N) is 1. The van der Waals surface area contributed by atoms with Gasteiger partial charge in [-0.3, -0.25) is 14.4 Å². The van der Waals surface area contributed by atoms with Crippen LogP contribution in [-0.4, -0.2) is 37.2 Å². The fourth-order valence-corrected chi connectivity index (χ4v) is 4.45. The van der Waals surface area contributed by atoms with Gasteiger partial charge in [0.2, 0.25) is 0 Å². The van der Waals surface area contributed by atoms with Crippen LogP contribution in [0.2, 0.25) is 0 Å². The molecule has 1 aliphatic carbocycles. The van der Waals surface area contributed by atoms with Crippen molar-refractivity contribution in [2.45, 2.75) is 57.5 Å². The Hall–Kier alpha value is -1.69. The SMILES string of the molecule is Cn1ncc2c(=O)[nH]c(CN3CCC[C@@H]3C3CCCCC3)nc21. The van der Waals surface area contributed by atoms with E-state index in [-0.39, 0.29) is 5.56 Å². The highest BCUT2D eigenvalue weighted by Crippen LogP contribution is 2.34. The van der Waals surface area contributed by atoms with Gasteiger partial charge in [0.1, 0.15) is 11.2 Å². The summed E-state index contributed by atoms with van der Waals surface area (Å²) in [7, 11) is 1.83. The van der Waals surface area contributed by atoms with Crippen molar-refractivity contribution in [2.24, 2.45) is 13.0 Å². The van der Waals surface area contributed by atoms with E-state index in [4.69, 9.17) is 0 Å². The molecule has 0 radical (unpaired) electrons. The first kappa shape index (κ1) is 14.9. The first-order chi connectivity index (χ1) is 11.2. The number of fused-ring (bicyclic) bond motifs is 1. The van der Waals surface area contributed by atoms with Crippen LogP contribution in [0, 0.1) is 5.92 Å². The molecular formula is C17H25N5O. The summed E-state index contributed by atoms with van der Waals surface area (Å²) in [6, 6.07) is 0.669. The number of aromatic amines is 1. The van der Waals surface area contributed by atoms with E-state index in [9.17, 15) is 4.79 Å². The molecule has 6 heteroatoms. The Morgan fingerprint density at radius 1 is 1.22 bits per heavy atom. The molecule has 2 aromatic heterocycles. The summed E-state index contributed by atoms with van der Waals surface area (Å²) >= 11 is 0. The number of nitrogens with zero attached hydrogens (tertiary/aromatic N) is 4. The third-order valence-corrected chi connectivity index (χ3v) is 5.61. The third-order valence-electron chi connectivity index (χ3n) is 5.61. The van der Waals surface area contributed by atoms with Crippen molar-refractivity contribution < 1.29 is 0 Å². The molecular weight excluding hydrogens is 290 g/mol. The van der Waals surface area contributed by atoms with Gasteiger partial charge in [0, 0.05) is 13.1 Å². The number of aromatic nitrogens is 4. The molecule has 2 fully saturated rings. The van der Waals surface area contributed by atoms with Gasteiger partial charge >= 0.3 is 0 Å². The van der Waals surface area contributed by atoms with E-state index in [2.05, 4.69) is 20.0 Å². The molecule has 0 bridgehead atoms. The molecule has 0 spiro atoms. The lowest BCUT2D eigenvalue weighted by atomic mass is 9.83. The molecule has 0 amide bonds. The van der Waals surface area contributed by atoms with E-state index < -0.39 is 0 Å². The highest BCUT2D eigenvalue weighted by molar-refractivity contribution is 5.72. The van der Waals surface area contributed by atoms with Gasteiger partial charge in [0.05, 0.1) is 12.7 Å². The van der Waals surface area contributed by atoms with Crippen LogP contribution in [0.1, 0.15) is 50.8 Å². The molecule has 1 atom stereocenters. The second-order valence-corrected chi connectivity index (χ2v) is 7.10. The molecule has 2 aromatic rings. The predicted octanol–water partition coefficient (Wildman–Crippen LogP) is 2.20. The van der Waals surface area contributed by atoms with Crippen molar-refractivity contribution in [1.29, 1.82) is 0 Å². The summed E-state index contributed by atoms with van der Waals surface area (Å²) in [5.41, 5.74) is 0.601. The Kier molecular flexibility index (Phi) is 3.93. The smallest absolute Gasteiger partial charge is 0.262 e. The van der Waals surface area contributed by atoms with E-state index in [0.29, 0.717) is 17.1 Å². The van der Waals surface area contributed by atoms with E-state index in [1.165, 1.54) is 44.9 Å². The Labute approximate surface area is 135 Å². The Bertz CT molecular complexity index is 743. The fourth-order valence-electron chi connectivity index (χ4n) is 4.45. The zero-order chi connectivity index (χ0) is 15.8. The molecule has 1 saturated carbocycles. The van der Waals surface area contributed by atoms with Gasteiger partial charge in [0.15, 0.2) is 5.65 Å². The van der Waals surface area contributed by atoms with Crippen molar-refractivity contribution in [3.8, 4) is 0 Å². The first-order valence-electron chi connectivity index (χ1n) is 8.87. The Morgan fingerprint density at radius 2 is 2.04 bits per heavy atom. The monoisotopic (exact) mass is 315 g/mol. The van der Waals surface area contributed by atoms with Crippen LogP contribution in [0.15, 0.2) is 11.0 Å². The maximum absolute atomic E-state index is 12.2. The van der Waals surface area contributed by atoms with E-state index in [1.54, 1.807) is 10.9 Å². The summed E-state index contributed by atoms with van der Waals surface area (Å²) in [6.07, 6.45) is 11.0. The fraction of sp³-hybridized carbons (Fsp3) is 0.706. The normalized spacial score (nSPS) is 23.8. The van der Waals surface area contributed by atoms with Gasteiger partial charge in [-0.2, -0.15) is 5.10 Å². The summed E-state index contributed by atoms with van der Waals surface area (Å²) in [5.74, 6) is 1.60. The molecule has 1 N–H and O–H groups in total. The molecule has 23 heavy (non-hydrogen) atoms. The van der Waals surface area contributed by atoms with Crippen LogP contribution in [0.5, 0.6) is 0 Å². The van der Waals surface area contributed by atoms with Gasteiger partial charge in [0.25, 0.3) is 5.56 Å². The number of rotatable bonds is 3. The van der Waals surface area contributed by atoms with Crippen molar-refractivity contribution in [3.05, 3.63) is 22.4 Å². The van der Waals surface area contributed by atoms with Crippen LogP contribution in [0.4, 0.5) is 0 Å². The number of likely N-dealkylation sites (tertiary alicyclic amines) is 1. The molecule has 124 valence electrons. The lowest BCUT2D eigenvalue weighted by Crippen LogP contribution is -2.37. The van der Waals surface area contributed by atoms with Crippen molar-refractivity contribution >= 4 is 11.0 Å². The molecule has 1 saturated heterocycles. The van der Waals surface area contributed by atoms with Gasteiger partial charge in [-0.1, -0.05) is 19.3 Å². The van der Waals surface area contributed by atoms with Crippen LogP contribution in [0.3, 0.4) is 0 Å². The minimum atomic E-state index is -0.0773. The predicted molar refractivity (Wildman–Crippen MR) is 89.1 cm³/mol. The van der Waals surface area contributed by atoms with E-state index in [0.717, 1.165) is 24.8 Å². The van der Waals surface area contributed by atoms with Crippen molar-refractivity contribution in [2.75, 3.05) is 6.54 Å². The Morgan fingerprint density at radius 3 is 2.87 bits per heavy atom. The van der Waals surface area contributed by atoms with Crippen molar-refractivity contribution in [3.63, 3.8) is 0 Å². The number of hydrogen-bond donors (Lipinski definition) is 1. The van der Waals surface area contributed by atoms with E-state index >= 15 is 0 Å². The van der Waals surface area contributed by atoms with Crippen LogP contribution in [-0.2, 0) is 13.6 Å². The van der Waals surface area contributed by atoms with Gasteiger partial charge in [-0.05, 0) is 38.1 Å². The molecule has 6 nitrogen and oxygen atoms in total. The van der Waals surface area contributed by atoms with Crippen LogP contribution < -0.4 is 5.56 Å². The molecule has 3 heterocycles.